The zero-order valence-corrected chi connectivity index (χ0v) is 13.6. The predicted octanol–water partition coefficient (Wildman–Crippen LogP) is 2.42. The van der Waals surface area contributed by atoms with Gasteiger partial charge in [-0.05, 0) is 29.8 Å². The lowest BCUT2D eigenvalue weighted by Gasteiger charge is -2.11. The van der Waals surface area contributed by atoms with Gasteiger partial charge in [-0.1, -0.05) is 11.8 Å². The van der Waals surface area contributed by atoms with Gasteiger partial charge < -0.3 is 14.6 Å². The van der Waals surface area contributed by atoms with Crippen molar-refractivity contribution in [1.82, 2.24) is 0 Å². The van der Waals surface area contributed by atoms with Crippen LogP contribution in [-0.2, 0) is 11.4 Å². The molecule has 0 fully saturated rings. The van der Waals surface area contributed by atoms with E-state index in [9.17, 15) is 20.0 Å². The fraction of sp³-hybridized carbons (Fsp3) is 0.167. The van der Waals surface area contributed by atoms with Crippen LogP contribution in [0.25, 0.3) is 0 Å². The zero-order chi connectivity index (χ0) is 18.4. The second kappa shape index (κ2) is 7.95. The Morgan fingerprint density at radius 1 is 1.24 bits per heavy atom. The SMILES string of the molecule is COc1cc(CO)cc(C#Cc2ccc([N+](=O)[O-])cc2)c1OC(C)=O. The van der Waals surface area contributed by atoms with Crippen molar-refractivity contribution in [1.29, 1.82) is 0 Å². The molecule has 7 heteroatoms. The van der Waals surface area contributed by atoms with E-state index in [-0.39, 0.29) is 23.8 Å². The number of carbonyl (C=O) groups is 1. The third-order valence-corrected chi connectivity index (χ3v) is 3.18. The summed E-state index contributed by atoms with van der Waals surface area (Å²) in [7, 11) is 1.41. The second-order valence-corrected chi connectivity index (χ2v) is 4.98. The number of aliphatic hydroxyl groups excluding tert-OH is 1. The Balaban J connectivity index is 2.47. The molecule has 0 saturated heterocycles. The summed E-state index contributed by atoms with van der Waals surface area (Å²) in [6, 6.07) is 8.87. The molecule has 1 N–H and O–H groups in total. The largest absolute Gasteiger partial charge is 0.493 e. The summed E-state index contributed by atoms with van der Waals surface area (Å²) >= 11 is 0. The quantitative estimate of drug-likeness (QED) is 0.301. The van der Waals surface area contributed by atoms with Crippen LogP contribution in [0.5, 0.6) is 11.5 Å². The average Bonchev–Trinajstić information content (AvgIpc) is 2.60. The number of methoxy groups -OCH3 is 1. The van der Waals surface area contributed by atoms with Crippen molar-refractivity contribution in [2.75, 3.05) is 7.11 Å². The minimum atomic E-state index is -0.534. The van der Waals surface area contributed by atoms with E-state index in [1.54, 1.807) is 12.1 Å². The Bertz CT molecular complexity index is 862. The summed E-state index contributed by atoms with van der Waals surface area (Å²) in [5.41, 5.74) is 1.42. The minimum Gasteiger partial charge on any atom is -0.493 e. The summed E-state index contributed by atoms with van der Waals surface area (Å²) in [6.07, 6.45) is 0. The van der Waals surface area contributed by atoms with Crippen molar-refractivity contribution in [2.24, 2.45) is 0 Å². The number of nitro benzene ring substituents is 1. The Morgan fingerprint density at radius 2 is 1.92 bits per heavy atom. The monoisotopic (exact) mass is 341 g/mol. The van der Waals surface area contributed by atoms with Gasteiger partial charge in [0.25, 0.3) is 5.69 Å². The predicted molar refractivity (Wildman–Crippen MR) is 89.3 cm³/mol. The Labute approximate surface area is 144 Å². The first-order chi connectivity index (χ1) is 11.9. The fourth-order valence-electron chi connectivity index (χ4n) is 2.05. The van der Waals surface area contributed by atoms with Crippen molar-refractivity contribution in [3.8, 4) is 23.3 Å². The number of hydrogen-bond acceptors (Lipinski definition) is 6. The molecule has 0 bridgehead atoms. The maximum absolute atomic E-state index is 11.3. The number of carbonyl (C=O) groups excluding carboxylic acids is 1. The number of non-ortho nitro benzene ring substituents is 1. The van der Waals surface area contributed by atoms with Crippen molar-refractivity contribution < 1.29 is 24.3 Å². The number of aliphatic hydroxyl groups is 1. The molecule has 0 unspecified atom stereocenters. The highest BCUT2D eigenvalue weighted by atomic mass is 16.6. The van der Waals surface area contributed by atoms with Crippen LogP contribution in [0.3, 0.4) is 0 Å². The van der Waals surface area contributed by atoms with Gasteiger partial charge in [-0.15, -0.1) is 0 Å². The zero-order valence-electron chi connectivity index (χ0n) is 13.6. The molecule has 0 spiro atoms. The Morgan fingerprint density at radius 3 is 2.44 bits per heavy atom. The molecule has 0 atom stereocenters. The molecule has 0 aliphatic carbocycles. The molecular formula is C18H15NO6. The molecule has 0 radical (unpaired) electrons. The van der Waals surface area contributed by atoms with E-state index in [4.69, 9.17) is 9.47 Å². The molecule has 0 aliphatic heterocycles. The van der Waals surface area contributed by atoms with Crippen molar-refractivity contribution in [2.45, 2.75) is 13.5 Å². The first-order valence-electron chi connectivity index (χ1n) is 7.21. The van der Waals surface area contributed by atoms with E-state index in [1.807, 2.05) is 0 Å². The van der Waals surface area contributed by atoms with Gasteiger partial charge in [0, 0.05) is 24.6 Å². The van der Waals surface area contributed by atoms with Crippen LogP contribution in [0.15, 0.2) is 36.4 Å². The molecule has 2 rings (SSSR count). The highest BCUT2D eigenvalue weighted by Gasteiger charge is 2.14. The molecule has 25 heavy (non-hydrogen) atoms. The molecule has 0 saturated carbocycles. The van der Waals surface area contributed by atoms with Gasteiger partial charge in [0.15, 0.2) is 11.5 Å². The fourth-order valence-corrected chi connectivity index (χ4v) is 2.05. The average molecular weight is 341 g/mol. The van der Waals surface area contributed by atoms with Crippen molar-refractivity contribution in [3.05, 3.63) is 63.2 Å². The Kier molecular flexibility index (Phi) is 5.71. The summed E-state index contributed by atoms with van der Waals surface area (Å²) < 4.78 is 10.4. The number of nitrogens with zero attached hydrogens (tertiary/aromatic N) is 1. The first kappa shape index (κ1) is 18.0. The van der Waals surface area contributed by atoms with Crippen LogP contribution in [0, 0.1) is 22.0 Å². The van der Waals surface area contributed by atoms with Gasteiger partial charge in [0.05, 0.1) is 24.2 Å². The maximum atomic E-state index is 11.3. The van der Waals surface area contributed by atoms with E-state index in [0.29, 0.717) is 16.7 Å². The van der Waals surface area contributed by atoms with Crippen molar-refractivity contribution in [3.63, 3.8) is 0 Å². The minimum absolute atomic E-state index is 0.0323. The molecular weight excluding hydrogens is 326 g/mol. The van der Waals surface area contributed by atoms with E-state index in [0.717, 1.165) is 0 Å². The summed E-state index contributed by atoms with van der Waals surface area (Å²) in [5, 5.41) is 20.0. The summed E-state index contributed by atoms with van der Waals surface area (Å²) in [6.45, 7) is 1.02. The number of hydrogen-bond donors (Lipinski definition) is 1. The lowest BCUT2D eigenvalue weighted by molar-refractivity contribution is -0.384. The number of benzene rings is 2. The van der Waals surface area contributed by atoms with Crippen molar-refractivity contribution >= 4 is 11.7 Å². The van der Waals surface area contributed by atoms with Crippen LogP contribution in [-0.4, -0.2) is 23.1 Å². The number of ether oxygens (including phenoxy) is 2. The smallest absolute Gasteiger partial charge is 0.308 e. The molecule has 0 amide bonds. The normalized spacial score (nSPS) is 9.72. The summed E-state index contributed by atoms with van der Waals surface area (Å²) in [4.78, 5) is 21.5. The van der Waals surface area contributed by atoms with Gasteiger partial charge >= 0.3 is 5.97 Å². The third kappa shape index (κ3) is 4.56. The maximum Gasteiger partial charge on any atom is 0.308 e. The van der Waals surface area contributed by atoms with E-state index in [2.05, 4.69) is 11.8 Å². The first-order valence-corrected chi connectivity index (χ1v) is 7.21. The standard InChI is InChI=1S/C18H15NO6/c1-12(21)25-18-15(9-14(11-20)10-17(18)24-2)6-3-13-4-7-16(8-5-13)19(22)23/h4-5,7-10,20H,11H2,1-2H3. The molecule has 2 aromatic rings. The lowest BCUT2D eigenvalue weighted by Crippen LogP contribution is -2.05. The van der Waals surface area contributed by atoms with Gasteiger partial charge in [-0.3, -0.25) is 14.9 Å². The van der Waals surface area contributed by atoms with Crippen LogP contribution in [0.4, 0.5) is 5.69 Å². The molecule has 2 aromatic carbocycles. The molecule has 7 nitrogen and oxygen atoms in total. The van der Waals surface area contributed by atoms with Crippen LogP contribution in [0.1, 0.15) is 23.6 Å². The van der Waals surface area contributed by atoms with Crippen LogP contribution < -0.4 is 9.47 Å². The van der Waals surface area contributed by atoms with Gasteiger partial charge in [0.2, 0.25) is 0 Å². The molecule has 0 heterocycles. The number of rotatable bonds is 4. The molecule has 0 aromatic heterocycles. The molecule has 128 valence electrons. The van der Waals surface area contributed by atoms with Gasteiger partial charge in [-0.2, -0.15) is 0 Å². The third-order valence-electron chi connectivity index (χ3n) is 3.18. The van der Waals surface area contributed by atoms with E-state index >= 15 is 0 Å². The Hall–Kier alpha value is -3.37. The number of nitro groups is 1. The van der Waals surface area contributed by atoms with Crippen LogP contribution in [0.2, 0.25) is 0 Å². The topological polar surface area (TPSA) is 98.9 Å². The lowest BCUT2D eigenvalue weighted by atomic mass is 10.1. The highest BCUT2D eigenvalue weighted by molar-refractivity contribution is 5.72. The highest BCUT2D eigenvalue weighted by Crippen LogP contribution is 2.32. The van der Waals surface area contributed by atoms with Gasteiger partial charge in [0.1, 0.15) is 0 Å². The number of esters is 1. The van der Waals surface area contributed by atoms with Crippen LogP contribution >= 0.6 is 0 Å². The molecule has 0 aliphatic rings. The van der Waals surface area contributed by atoms with E-state index < -0.39 is 10.9 Å². The second-order valence-electron chi connectivity index (χ2n) is 4.98. The summed E-state index contributed by atoms with van der Waals surface area (Å²) in [5.74, 6) is 5.58. The van der Waals surface area contributed by atoms with E-state index in [1.165, 1.54) is 38.3 Å². The van der Waals surface area contributed by atoms with Gasteiger partial charge in [-0.25, -0.2) is 0 Å².